The van der Waals surface area contributed by atoms with Crippen molar-refractivity contribution in [3.8, 4) is 0 Å². The van der Waals surface area contributed by atoms with Gasteiger partial charge < -0.3 is 21.3 Å². The first-order valence-electron chi connectivity index (χ1n) is 3.45. The van der Waals surface area contributed by atoms with Gasteiger partial charge in [-0.05, 0) is 6.42 Å². The van der Waals surface area contributed by atoms with Crippen LogP contribution >= 0.6 is 0 Å². The highest BCUT2D eigenvalue weighted by molar-refractivity contribution is 5.79. The van der Waals surface area contributed by atoms with Gasteiger partial charge in [-0.2, -0.15) is 0 Å². The molecule has 1 aliphatic rings. The minimum absolute atomic E-state index is 0.0633. The maximum absolute atomic E-state index is 10.5. The first kappa shape index (κ1) is 8.45. The molecule has 64 valence electrons. The lowest BCUT2D eigenvalue weighted by Gasteiger charge is -2.15. The molecule has 0 aromatic rings. The zero-order valence-corrected chi connectivity index (χ0v) is 6.08. The number of hydrogen-bond acceptors (Lipinski definition) is 4. The van der Waals surface area contributed by atoms with Gasteiger partial charge in [0, 0.05) is 12.6 Å². The smallest absolute Gasteiger partial charge is 0.325 e. The largest absolute Gasteiger partial charge is 0.480 e. The zero-order valence-electron chi connectivity index (χ0n) is 6.08. The molecule has 0 aliphatic carbocycles. The van der Waals surface area contributed by atoms with E-state index in [4.69, 9.17) is 15.9 Å². The molecule has 5 nitrogen and oxygen atoms in total. The van der Waals surface area contributed by atoms with Crippen LogP contribution in [-0.2, 0) is 4.79 Å². The van der Waals surface area contributed by atoms with E-state index in [1.165, 1.54) is 0 Å². The summed E-state index contributed by atoms with van der Waals surface area (Å²) < 4.78 is 0. The molecule has 0 bridgehead atoms. The van der Waals surface area contributed by atoms with E-state index in [1.807, 2.05) is 0 Å². The first-order chi connectivity index (χ1) is 5.08. The third-order valence-electron chi connectivity index (χ3n) is 1.96. The van der Waals surface area contributed by atoms with Crippen molar-refractivity contribution in [3.63, 3.8) is 0 Å². The highest BCUT2D eigenvalue weighted by atomic mass is 16.4. The molecule has 0 saturated carbocycles. The Morgan fingerprint density at radius 1 is 1.82 bits per heavy atom. The Balaban J connectivity index is 2.57. The van der Waals surface area contributed by atoms with Gasteiger partial charge in [-0.25, -0.2) is 0 Å². The van der Waals surface area contributed by atoms with E-state index >= 15 is 0 Å². The van der Waals surface area contributed by atoms with Crippen LogP contribution in [0.25, 0.3) is 0 Å². The van der Waals surface area contributed by atoms with Crippen molar-refractivity contribution in [2.45, 2.75) is 18.0 Å². The van der Waals surface area contributed by atoms with Crippen LogP contribution < -0.4 is 11.1 Å². The fourth-order valence-corrected chi connectivity index (χ4v) is 1.20. The number of hydrogen-bond donors (Lipinski definition) is 4. The number of carbonyl (C=O) groups is 1. The van der Waals surface area contributed by atoms with Gasteiger partial charge in [0.15, 0.2) is 0 Å². The van der Waals surface area contributed by atoms with Gasteiger partial charge in [-0.3, -0.25) is 4.79 Å². The third kappa shape index (κ3) is 1.50. The van der Waals surface area contributed by atoms with Gasteiger partial charge in [0.05, 0.1) is 6.61 Å². The Hall–Kier alpha value is -0.650. The molecule has 0 aromatic heterocycles. The van der Waals surface area contributed by atoms with Gasteiger partial charge in [0.1, 0.15) is 5.54 Å². The van der Waals surface area contributed by atoms with Crippen LogP contribution in [0.3, 0.4) is 0 Å². The molecular weight excluding hydrogens is 148 g/mol. The van der Waals surface area contributed by atoms with Crippen molar-refractivity contribution in [3.05, 3.63) is 0 Å². The van der Waals surface area contributed by atoms with Crippen LogP contribution in [0, 0.1) is 0 Å². The van der Waals surface area contributed by atoms with Crippen LogP contribution in [0.1, 0.15) is 6.42 Å². The van der Waals surface area contributed by atoms with Gasteiger partial charge >= 0.3 is 5.97 Å². The molecule has 11 heavy (non-hydrogen) atoms. The number of nitrogens with two attached hydrogens (primary N) is 1. The molecule has 1 fully saturated rings. The SMILES string of the molecule is N[C@@]1(C(=O)O)CN[C@H](CO)C1. The molecule has 1 aliphatic heterocycles. The first-order valence-corrected chi connectivity index (χ1v) is 3.45. The molecule has 0 aromatic carbocycles. The second kappa shape index (κ2) is 2.77. The molecule has 0 unspecified atom stereocenters. The topological polar surface area (TPSA) is 95.6 Å². The van der Waals surface area contributed by atoms with E-state index in [2.05, 4.69) is 5.32 Å². The fourth-order valence-electron chi connectivity index (χ4n) is 1.20. The van der Waals surface area contributed by atoms with Crippen molar-refractivity contribution in [1.82, 2.24) is 5.32 Å². The summed E-state index contributed by atoms with van der Waals surface area (Å²) in [6, 6.07) is -0.170. The second-order valence-corrected chi connectivity index (χ2v) is 2.93. The number of nitrogens with one attached hydrogen (secondary N) is 1. The highest BCUT2D eigenvalue weighted by Crippen LogP contribution is 2.16. The van der Waals surface area contributed by atoms with Crippen molar-refractivity contribution < 1.29 is 15.0 Å². The maximum Gasteiger partial charge on any atom is 0.325 e. The van der Waals surface area contributed by atoms with E-state index in [1.54, 1.807) is 0 Å². The number of carboxylic acids is 1. The lowest BCUT2D eigenvalue weighted by molar-refractivity contribution is -0.142. The zero-order chi connectivity index (χ0) is 8.48. The van der Waals surface area contributed by atoms with Gasteiger partial charge in [0.25, 0.3) is 0 Å². The number of aliphatic hydroxyl groups is 1. The summed E-state index contributed by atoms with van der Waals surface area (Å²) in [5, 5.41) is 20.1. The minimum Gasteiger partial charge on any atom is -0.480 e. The number of carboxylic acid groups (broad SMARTS) is 1. The summed E-state index contributed by atoms with van der Waals surface area (Å²) in [5.74, 6) is -1.01. The summed E-state index contributed by atoms with van der Waals surface area (Å²) in [4.78, 5) is 10.5. The Kier molecular flexibility index (Phi) is 2.12. The van der Waals surface area contributed by atoms with Crippen LogP contribution in [0.4, 0.5) is 0 Å². The predicted octanol–water partition coefficient (Wildman–Crippen LogP) is -1.88. The fraction of sp³-hybridized carbons (Fsp3) is 0.833. The maximum atomic E-state index is 10.5. The molecule has 5 heteroatoms. The molecular formula is C6H12N2O3. The van der Waals surface area contributed by atoms with Crippen molar-refractivity contribution >= 4 is 5.97 Å². The number of aliphatic hydroxyl groups excluding tert-OH is 1. The van der Waals surface area contributed by atoms with Gasteiger partial charge in [0.2, 0.25) is 0 Å². The van der Waals surface area contributed by atoms with Crippen LogP contribution in [0.2, 0.25) is 0 Å². The molecule has 0 spiro atoms. The average molecular weight is 160 g/mol. The molecule has 0 radical (unpaired) electrons. The lowest BCUT2D eigenvalue weighted by Crippen LogP contribution is -2.49. The summed E-state index contributed by atoms with van der Waals surface area (Å²) in [6.07, 6.45) is 0.291. The summed E-state index contributed by atoms with van der Waals surface area (Å²) in [7, 11) is 0. The van der Waals surface area contributed by atoms with Crippen molar-refractivity contribution in [2.24, 2.45) is 5.73 Å². The Bertz CT molecular complexity index is 173. The van der Waals surface area contributed by atoms with Crippen LogP contribution in [-0.4, -0.2) is 40.9 Å². The van der Waals surface area contributed by atoms with E-state index in [9.17, 15) is 4.79 Å². The van der Waals surface area contributed by atoms with E-state index < -0.39 is 11.5 Å². The second-order valence-electron chi connectivity index (χ2n) is 2.93. The summed E-state index contributed by atoms with van der Waals surface area (Å²) in [6.45, 7) is 0.166. The quantitative estimate of drug-likeness (QED) is 0.379. The third-order valence-corrected chi connectivity index (χ3v) is 1.96. The van der Waals surface area contributed by atoms with E-state index in [-0.39, 0.29) is 19.2 Å². The normalized spacial score (nSPS) is 37.5. The van der Waals surface area contributed by atoms with Gasteiger partial charge in [-0.15, -0.1) is 0 Å². The molecule has 1 saturated heterocycles. The van der Waals surface area contributed by atoms with E-state index in [0.29, 0.717) is 6.42 Å². The molecule has 5 N–H and O–H groups in total. The number of aliphatic carboxylic acids is 1. The van der Waals surface area contributed by atoms with Crippen molar-refractivity contribution in [2.75, 3.05) is 13.2 Å². The van der Waals surface area contributed by atoms with Gasteiger partial charge in [-0.1, -0.05) is 0 Å². The minimum atomic E-state index is -1.19. The molecule has 1 rings (SSSR count). The number of rotatable bonds is 2. The highest BCUT2D eigenvalue weighted by Gasteiger charge is 2.41. The summed E-state index contributed by atoms with van der Waals surface area (Å²) >= 11 is 0. The van der Waals surface area contributed by atoms with E-state index in [0.717, 1.165) is 0 Å². The molecule has 2 atom stereocenters. The van der Waals surface area contributed by atoms with Crippen LogP contribution in [0.15, 0.2) is 0 Å². The summed E-state index contributed by atoms with van der Waals surface area (Å²) in [5.41, 5.74) is 4.31. The Morgan fingerprint density at radius 3 is 2.73 bits per heavy atom. The Morgan fingerprint density at radius 2 is 2.45 bits per heavy atom. The lowest BCUT2D eigenvalue weighted by atomic mass is 9.98. The monoisotopic (exact) mass is 160 g/mol. The molecule has 1 heterocycles. The average Bonchev–Trinajstić information content (AvgIpc) is 2.33. The predicted molar refractivity (Wildman–Crippen MR) is 38.0 cm³/mol. The molecule has 0 amide bonds. The standard InChI is InChI=1S/C6H12N2O3/c7-6(5(10)11)1-4(2-9)8-3-6/h4,8-9H,1-3,7H2,(H,10,11)/t4-,6+/m0/s1. The van der Waals surface area contributed by atoms with Crippen molar-refractivity contribution in [1.29, 1.82) is 0 Å². The van der Waals surface area contributed by atoms with Crippen LogP contribution in [0.5, 0.6) is 0 Å². The Labute approximate surface area is 64.2 Å².